The Labute approximate surface area is 113 Å². The minimum atomic E-state index is -0.624. The molecule has 2 heterocycles. The normalized spacial score (nSPS) is 36.9. The van der Waals surface area contributed by atoms with E-state index in [1.165, 1.54) is 6.42 Å². The summed E-state index contributed by atoms with van der Waals surface area (Å²) in [5.74, 6) is -0.125. The lowest BCUT2D eigenvalue weighted by Crippen LogP contribution is -2.34. The van der Waals surface area contributed by atoms with Crippen LogP contribution in [0, 0.1) is 17.8 Å². The third kappa shape index (κ3) is 2.77. The summed E-state index contributed by atoms with van der Waals surface area (Å²) in [7, 11) is 0. The molecule has 0 atom stereocenters. The molecule has 2 bridgehead atoms. The summed E-state index contributed by atoms with van der Waals surface area (Å²) in [5, 5.41) is 0. The molecule has 0 N–H and O–H groups in total. The van der Waals surface area contributed by atoms with Crippen molar-refractivity contribution in [3.8, 4) is 0 Å². The topological polar surface area (TPSA) is 52.6 Å². The van der Waals surface area contributed by atoms with Crippen molar-refractivity contribution in [1.82, 2.24) is 0 Å². The summed E-state index contributed by atoms with van der Waals surface area (Å²) in [5.41, 5.74) is 0. The van der Waals surface area contributed by atoms with Crippen LogP contribution in [0.15, 0.2) is 0 Å². The van der Waals surface area contributed by atoms with Crippen LogP contribution in [0.5, 0.6) is 0 Å². The third-order valence-corrected chi connectivity index (χ3v) is 4.89. The number of fused-ring (bicyclic) bond motifs is 6. The van der Waals surface area contributed by atoms with Crippen LogP contribution in [0.3, 0.4) is 0 Å². The summed E-state index contributed by atoms with van der Waals surface area (Å²) >= 11 is 0. The first-order chi connectivity index (χ1) is 9.24. The van der Waals surface area contributed by atoms with E-state index in [0.29, 0.717) is 0 Å². The van der Waals surface area contributed by atoms with Crippen molar-refractivity contribution in [3.63, 3.8) is 0 Å². The highest BCUT2D eigenvalue weighted by atomic mass is 16.7. The average molecular weight is 266 g/mol. The Morgan fingerprint density at radius 3 is 1.63 bits per heavy atom. The Hall–Kier alpha value is -1.06. The van der Waals surface area contributed by atoms with Crippen molar-refractivity contribution in [2.45, 2.75) is 64.1 Å². The Morgan fingerprint density at radius 2 is 1.16 bits per heavy atom. The molecule has 4 rings (SSSR count). The molecule has 0 amide bonds. The maximum absolute atomic E-state index is 12.1. The van der Waals surface area contributed by atoms with Crippen LogP contribution in [-0.2, 0) is 19.1 Å². The molecule has 0 spiro atoms. The quantitative estimate of drug-likeness (QED) is 0.685. The average Bonchev–Trinajstić information content (AvgIpc) is 2.55. The van der Waals surface area contributed by atoms with Gasteiger partial charge in [-0.25, -0.2) is 0 Å². The monoisotopic (exact) mass is 266 g/mol. The highest BCUT2D eigenvalue weighted by molar-refractivity contribution is 5.76. The number of hydrogen-bond acceptors (Lipinski definition) is 4. The molecular formula is C15H22O4. The van der Waals surface area contributed by atoms with Gasteiger partial charge in [0.25, 0.3) is 0 Å². The Balaban J connectivity index is 1.75. The molecule has 2 aliphatic heterocycles. The number of carbonyl (C=O) groups is 2. The summed E-state index contributed by atoms with van der Waals surface area (Å²) in [6, 6.07) is 0. The smallest absolute Gasteiger partial charge is 0.312 e. The van der Waals surface area contributed by atoms with Crippen LogP contribution in [0.25, 0.3) is 0 Å². The minimum Gasteiger partial charge on any atom is -0.425 e. The van der Waals surface area contributed by atoms with Crippen LogP contribution >= 0.6 is 0 Å². The third-order valence-electron chi connectivity index (χ3n) is 4.89. The Morgan fingerprint density at radius 1 is 0.684 bits per heavy atom. The van der Waals surface area contributed by atoms with E-state index in [1.807, 2.05) is 0 Å². The second-order valence-corrected chi connectivity index (χ2v) is 6.19. The van der Waals surface area contributed by atoms with Crippen LogP contribution in [0.1, 0.15) is 57.8 Å². The zero-order valence-electron chi connectivity index (χ0n) is 11.3. The largest absolute Gasteiger partial charge is 0.425 e. The van der Waals surface area contributed by atoms with Gasteiger partial charge in [0.15, 0.2) is 0 Å². The molecule has 0 unspecified atom stereocenters. The first-order valence-corrected chi connectivity index (χ1v) is 7.65. The van der Waals surface area contributed by atoms with E-state index in [-0.39, 0.29) is 29.7 Å². The van der Waals surface area contributed by atoms with E-state index in [2.05, 4.69) is 0 Å². The molecule has 0 aromatic rings. The van der Waals surface area contributed by atoms with Gasteiger partial charge in [-0.15, -0.1) is 0 Å². The standard InChI is InChI=1S/C15H22O4/c16-13-10-6-7-11(9-8-10)14(17)19-15(18-13)12-4-2-1-3-5-12/h10-12,15H,1-9H2. The fourth-order valence-corrected chi connectivity index (χ4v) is 3.61. The maximum Gasteiger partial charge on any atom is 0.312 e. The molecule has 4 nitrogen and oxygen atoms in total. The van der Waals surface area contributed by atoms with Crippen molar-refractivity contribution in [1.29, 1.82) is 0 Å². The number of esters is 2. The van der Waals surface area contributed by atoms with Gasteiger partial charge in [-0.05, 0) is 38.5 Å². The van der Waals surface area contributed by atoms with Gasteiger partial charge < -0.3 is 9.47 Å². The fourth-order valence-electron chi connectivity index (χ4n) is 3.61. The van der Waals surface area contributed by atoms with Gasteiger partial charge in [0.05, 0.1) is 11.8 Å². The van der Waals surface area contributed by atoms with Crippen molar-refractivity contribution in [3.05, 3.63) is 0 Å². The number of rotatable bonds is 1. The molecule has 4 heteroatoms. The Bertz CT molecular complexity index is 325. The molecule has 2 saturated heterocycles. The SMILES string of the molecule is O=C1OC(C2CCCCC2)OC(=O)C2CCC1CC2. The zero-order chi connectivity index (χ0) is 13.2. The van der Waals surface area contributed by atoms with E-state index in [1.54, 1.807) is 0 Å². The molecule has 4 aliphatic rings. The van der Waals surface area contributed by atoms with E-state index in [0.717, 1.165) is 51.4 Å². The molecule has 0 radical (unpaired) electrons. The van der Waals surface area contributed by atoms with Crippen molar-refractivity contribution >= 4 is 11.9 Å². The summed E-state index contributed by atoms with van der Waals surface area (Å²) in [4.78, 5) is 24.2. The molecule has 2 saturated carbocycles. The number of hydrogen-bond donors (Lipinski definition) is 0. The number of ether oxygens (including phenoxy) is 2. The summed E-state index contributed by atoms with van der Waals surface area (Å²) < 4.78 is 11.1. The fraction of sp³-hybridized carbons (Fsp3) is 0.867. The van der Waals surface area contributed by atoms with E-state index in [4.69, 9.17) is 9.47 Å². The van der Waals surface area contributed by atoms with Crippen LogP contribution in [-0.4, -0.2) is 18.2 Å². The second kappa shape index (κ2) is 5.51. The van der Waals surface area contributed by atoms with Crippen molar-refractivity contribution < 1.29 is 19.1 Å². The first kappa shape index (κ1) is 12.9. The summed E-state index contributed by atoms with van der Waals surface area (Å²) in [6.07, 6.45) is 7.99. The predicted molar refractivity (Wildman–Crippen MR) is 68.0 cm³/mol. The van der Waals surface area contributed by atoms with Gasteiger partial charge in [-0.3, -0.25) is 9.59 Å². The van der Waals surface area contributed by atoms with E-state index in [9.17, 15) is 9.59 Å². The van der Waals surface area contributed by atoms with E-state index < -0.39 is 6.29 Å². The lowest BCUT2D eigenvalue weighted by Gasteiger charge is -2.29. The highest BCUT2D eigenvalue weighted by Crippen LogP contribution is 2.36. The van der Waals surface area contributed by atoms with Gasteiger partial charge in [0, 0.05) is 5.92 Å². The lowest BCUT2D eigenvalue weighted by atomic mass is 9.82. The van der Waals surface area contributed by atoms with Gasteiger partial charge in [0.2, 0.25) is 6.29 Å². The molecule has 2 aliphatic carbocycles. The molecule has 19 heavy (non-hydrogen) atoms. The molecular weight excluding hydrogens is 244 g/mol. The molecule has 0 aromatic carbocycles. The van der Waals surface area contributed by atoms with Crippen LogP contribution < -0.4 is 0 Å². The van der Waals surface area contributed by atoms with Gasteiger partial charge >= 0.3 is 11.9 Å². The molecule has 106 valence electrons. The number of carbonyl (C=O) groups excluding carboxylic acids is 2. The van der Waals surface area contributed by atoms with Gasteiger partial charge in [0.1, 0.15) is 0 Å². The lowest BCUT2D eigenvalue weighted by molar-refractivity contribution is -0.202. The van der Waals surface area contributed by atoms with Crippen molar-refractivity contribution in [2.75, 3.05) is 0 Å². The van der Waals surface area contributed by atoms with Gasteiger partial charge in [-0.1, -0.05) is 19.3 Å². The van der Waals surface area contributed by atoms with Crippen LogP contribution in [0.2, 0.25) is 0 Å². The summed E-state index contributed by atoms with van der Waals surface area (Å²) in [6.45, 7) is 0. The minimum absolute atomic E-state index is 0.0168. The predicted octanol–water partition coefficient (Wildman–Crippen LogP) is 2.80. The molecule has 4 fully saturated rings. The van der Waals surface area contributed by atoms with Crippen LogP contribution in [0.4, 0.5) is 0 Å². The van der Waals surface area contributed by atoms with Crippen molar-refractivity contribution in [2.24, 2.45) is 17.8 Å². The van der Waals surface area contributed by atoms with E-state index >= 15 is 0 Å². The zero-order valence-corrected chi connectivity index (χ0v) is 11.3. The Kier molecular flexibility index (Phi) is 3.76. The first-order valence-electron chi connectivity index (χ1n) is 7.65. The molecule has 0 aromatic heterocycles. The maximum atomic E-state index is 12.1. The highest BCUT2D eigenvalue weighted by Gasteiger charge is 2.39. The van der Waals surface area contributed by atoms with Gasteiger partial charge in [-0.2, -0.15) is 0 Å². The second-order valence-electron chi connectivity index (χ2n) is 6.19.